The smallest absolute Gasteiger partial charge is 0.117 e. The Balaban J connectivity index is 2.87. The van der Waals surface area contributed by atoms with E-state index in [-0.39, 0.29) is 11.5 Å². The molecule has 4 heteroatoms. The van der Waals surface area contributed by atoms with Gasteiger partial charge in [0.15, 0.2) is 0 Å². The lowest BCUT2D eigenvalue weighted by Gasteiger charge is -2.19. The highest BCUT2D eigenvalue weighted by atomic mass is 32.1. The van der Waals surface area contributed by atoms with Crippen LogP contribution in [0.5, 0.6) is 0 Å². The fourth-order valence-electron chi connectivity index (χ4n) is 1.08. The summed E-state index contributed by atoms with van der Waals surface area (Å²) < 4.78 is 0. The van der Waals surface area contributed by atoms with E-state index >= 15 is 0 Å². The molecule has 1 unspecified atom stereocenters. The van der Waals surface area contributed by atoms with E-state index < -0.39 is 0 Å². The highest BCUT2D eigenvalue weighted by Crippen LogP contribution is 2.25. The van der Waals surface area contributed by atoms with Gasteiger partial charge in [-0.15, -0.1) is 11.3 Å². The van der Waals surface area contributed by atoms with Crippen LogP contribution in [-0.4, -0.2) is 10.8 Å². The molecular weight excluding hydrogens is 206 g/mol. The summed E-state index contributed by atoms with van der Waals surface area (Å²) >= 11 is 1.63. The van der Waals surface area contributed by atoms with Gasteiger partial charge in [-0.1, -0.05) is 27.7 Å². The topological polar surface area (TPSA) is 51.3 Å². The SMILES string of the molecule is CCC(N=C(N)C(C)(C)C)c1nccs1. The zero-order chi connectivity index (χ0) is 11.5. The van der Waals surface area contributed by atoms with Crippen LogP contribution in [0.15, 0.2) is 16.6 Å². The summed E-state index contributed by atoms with van der Waals surface area (Å²) in [6.45, 7) is 8.31. The minimum absolute atomic E-state index is 0.0648. The van der Waals surface area contributed by atoms with Gasteiger partial charge < -0.3 is 5.73 Å². The van der Waals surface area contributed by atoms with Gasteiger partial charge in [-0.2, -0.15) is 0 Å². The Morgan fingerprint density at radius 2 is 2.27 bits per heavy atom. The Labute approximate surface area is 95.4 Å². The van der Waals surface area contributed by atoms with E-state index in [1.807, 2.05) is 11.6 Å². The zero-order valence-corrected chi connectivity index (χ0v) is 10.6. The van der Waals surface area contributed by atoms with Gasteiger partial charge in [-0.05, 0) is 6.42 Å². The van der Waals surface area contributed by atoms with Gasteiger partial charge in [0.25, 0.3) is 0 Å². The molecule has 0 amide bonds. The lowest BCUT2D eigenvalue weighted by Crippen LogP contribution is -2.29. The summed E-state index contributed by atoms with van der Waals surface area (Å²) in [6.07, 6.45) is 2.75. The van der Waals surface area contributed by atoms with Crippen LogP contribution in [0.1, 0.15) is 45.2 Å². The molecule has 84 valence electrons. The standard InChI is InChI=1S/C11H19N3S/c1-5-8(9-13-6-7-15-9)14-10(12)11(2,3)4/h6-8H,5H2,1-4H3,(H2,12,14). The van der Waals surface area contributed by atoms with Gasteiger partial charge in [-0.25, -0.2) is 4.98 Å². The molecule has 1 aromatic heterocycles. The Bertz CT molecular complexity index is 322. The van der Waals surface area contributed by atoms with Gasteiger partial charge >= 0.3 is 0 Å². The van der Waals surface area contributed by atoms with Crippen molar-refractivity contribution in [1.82, 2.24) is 4.98 Å². The van der Waals surface area contributed by atoms with Gasteiger partial charge in [0.05, 0.1) is 5.84 Å². The molecule has 0 spiro atoms. The van der Waals surface area contributed by atoms with E-state index in [0.29, 0.717) is 5.84 Å². The number of hydrogen-bond donors (Lipinski definition) is 1. The van der Waals surface area contributed by atoms with E-state index in [4.69, 9.17) is 5.73 Å². The van der Waals surface area contributed by atoms with Crippen molar-refractivity contribution >= 4 is 17.2 Å². The van der Waals surface area contributed by atoms with Crippen molar-refractivity contribution in [3.8, 4) is 0 Å². The van der Waals surface area contributed by atoms with Crippen molar-refractivity contribution < 1.29 is 0 Å². The highest BCUT2D eigenvalue weighted by molar-refractivity contribution is 7.09. The Morgan fingerprint density at radius 1 is 1.60 bits per heavy atom. The number of hydrogen-bond acceptors (Lipinski definition) is 3. The normalized spacial score (nSPS) is 15.3. The quantitative estimate of drug-likeness (QED) is 0.635. The average Bonchev–Trinajstić information content (AvgIpc) is 2.64. The molecule has 15 heavy (non-hydrogen) atoms. The summed E-state index contributed by atoms with van der Waals surface area (Å²) in [4.78, 5) is 8.83. The second kappa shape index (κ2) is 4.75. The third-order valence-corrected chi connectivity index (χ3v) is 3.06. The fourth-order valence-corrected chi connectivity index (χ4v) is 1.84. The van der Waals surface area contributed by atoms with E-state index in [2.05, 4.69) is 37.7 Å². The largest absolute Gasteiger partial charge is 0.387 e. The molecule has 1 atom stereocenters. The van der Waals surface area contributed by atoms with Crippen LogP contribution < -0.4 is 5.73 Å². The van der Waals surface area contributed by atoms with Crippen LogP contribution in [-0.2, 0) is 0 Å². The molecule has 0 saturated heterocycles. The maximum Gasteiger partial charge on any atom is 0.117 e. The van der Waals surface area contributed by atoms with Crippen LogP contribution in [0.25, 0.3) is 0 Å². The molecule has 1 rings (SSSR count). The van der Waals surface area contributed by atoms with E-state index in [9.17, 15) is 0 Å². The predicted octanol–water partition coefficient (Wildman–Crippen LogP) is 3.00. The van der Waals surface area contributed by atoms with Crippen LogP contribution in [0, 0.1) is 5.41 Å². The molecule has 0 aliphatic heterocycles. The molecule has 1 aromatic rings. The van der Waals surface area contributed by atoms with E-state index in [1.165, 1.54) is 0 Å². The van der Waals surface area contributed by atoms with Gasteiger partial charge in [0.2, 0.25) is 0 Å². The maximum absolute atomic E-state index is 5.96. The number of nitrogens with two attached hydrogens (primary N) is 1. The van der Waals surface area contributed by atoms with Crippen LogP contribution in [0.3, 0.4) is 0 Å². The number of aliphatic imine (C=N–C) groups is 1. The summed E-state index contributed by atoms with van der Waals surface area (Å²) in [7, 11) is 0. The third kappa shape index (κ3) is 3.30. The molecule has 0 radical (unpaired) electrons. The Kier molecular flexibility index (Phi) is 3.85. The van der Waals surface area contributed by atoms with Gasteiger partial charge in [-0.3, -0.25) is 4.99 Å². The molecule has 3 nitrogen and oxygen atoms in total. The summed E-state index contributed by atoms with van der Waals surface area (Å²) in [5.74, 6) is 0.699. The molecule has 0 aliphatic rings. The lowest BCUT2D eigenvalue weighted by molar-refractivity contribution is 0.568. The third-order valence-electron chi connectivity index (χ3n) is 2.19. The van der Waals surface area contributed by atoms with Crippen LogP contribution in [0.2, 0.25) is 0 Å². The number of aromatic nitrogens is 1. The van der Waals surface area contributed by atoms with Crippen LogP contribution >= 0.6 is 11.3 Å². The lowest BCUT2D eigenvalue weighted by atomic mass is 9.95. The van der Waals surface area contributed by atoms with Crippen molar-refractivity contribution in [1.29, 1.82) is 0 Å². The van der Waals surface area contributed by atoms with Crippen molar-refractivity contribution in [2.75, 3.05) is 0 Å². The summed E-state index contributed by atoms with van der Waals surface area (Å²) in [5.41, 5.74) is 5.90. The minimum atomic E-state index is -0.0648. The molecule has 1 heterocycles. The van der Waals surface area contributed by atoms with Crippen molar-refractivity contribution in [2.24, 2.45) is 16.1 Å². The zero-order valence-electron chi connectivity index (χ0n) is 9.82. The first-order chi connectivity index (χ1) is 6.95. The molecule has 0 aliphatic carbocycles. The fraction of sp³-hybridized carbons (Fsp3) is 0.636. The monoisotopic (exact) mass is 225 g/mol. The van der Waals surface area contributed by atoms with E-state index in [0.717, 1.165) is 11.4 Å². The van der Waals surface area contributed by atoms with Crippen molar-refractivity contribution in [3.63, 3.8) is 0 Å². The first-order valence-electron chi connectivity index (χ1n) is 5.18. The molecule has 0 fully saturated rings. The van der Waals surface area contributed by atoms with Gasteiger partial charge in [0, 0.05) is 17.0 Å². The molecule has 2 N–H and O–H groups in total. The summed E-state index contributed by atoms with van der Waals surface area (Å²) in [5, 5.41) is 3.02. The Morgan fingerprint density at radius 3 is 2.67 bits per heavy atom. The minimum Gasteiger partial charge on any atom is -0.387 e. The van der Waals surface area contributed by atoms with Crippen molar-refractivity contribution in [2.45, 2.75) is 40.2 Å². The molecule has 0 bridgehead atoms. The maximum atomic E-state index is 5.96. The first-order valence-corrected chi connectivity index (χ1v) is 6.06. The number of thiazole rings is 1. The van der Waals surface area contributed by atoms with Crippen LogP contribution in [0.4, 0.5) is 0 Å². The number of nitrogens with zero attached hydrogens (tertiary/aromatic N) is 2. The first kappa shape index (κ1) is 12.2. The molecular formula is C11H19N3S. The summed E-state index contributed by atoms with van der Waals surface area (Å²) in [6, 6.07) is 0.115. The van der Waals surface area contributed by atoms with E-state index in [1.54, 1.807) is 11.3 Å². The van der Waals surface area contributed by atoms with Gasteiger partial charge in [0.1, 0.15) is 11.0 Å². The Hall–Kier alpha value is -0.900. The molecule has 0 aromatic carbocycles. The average molecular weight is 225 g/mol. The number of amidine groups is 1. The molecule has 0 saturated carbocycles. The second-order valence-corrected chi connectivity index (χ2v) is 5.48. The highest BCUT2D eigenvalue weighted by Gasteiger charge is 2.18. The van der Waals surface area contributed by atoms with Crippen molar-refractivity contribution in [3.05, 3.63) is 16.6 Å². The predicted molar refractivity (Wildman–Crippen MR) is 66.2 cm³/mol. The number of rotatable bonds is 3. The second-order valence-electron chi connectivity index (χ2n) is 4.56.